The Morgan fingerprint density at radius 1 is 1.12 bits per heavy atom. The first-order valence-electron chi connectivity index (χ1n) is 8.60. The van der Waals surface area contributed by atoms with Gasteiger partial charge in [-0.3, -0.25) is 0 Å². The number of anilines is 2. The van der Waals surface area contributed by atoms with Crippen molar-refractivity contribution in [2.45, 2.75) is 26.8 Å². The first-order valence-corrected chi connectivity index (χ1v) is 8.98. The van der Waals surface area contributed by atoms with Gasteiger partial charge in [-0.05, 0) is 44.5 Å². The normalized spacial score (nSPS) is 17.5. The lowest BCUT2D eigenvalue weighted by Gasteiger charge is -2.41. The molecule has 2 amide bonds. The standard InChI is InChI=1S/C20H24ClN3O/c1-14-7-9-17(10-8-14)24-12-11-23(13-16(24)3)20(25)22-19-15(2)5-4-6-18(19)21/h4-10,16H,11-13H2,1-3H3,(H,22,25). The van der Waals surface area contributed by atoms with Crippen LogP contribution in [0.2, 0.25) is 5.02 Å². The molecule has 3 rings (SSSR count). The number of benzene rings is 2. The highest BCUT2D eigenvalue weighted by Gasteiger charge is 2.27. The van der Waals surface area contributed by atoms with Gasteiger partial charge in [-0.25, -0.2) is 4.79 Å². The topological polar surface area (TPSA) is 35.6 Å². The van der Waals surface area contributed by atoms with Crippen molar-refractivity contribution in [2.75, 3.05) is 29.9 Å². The number of amides is 2. The van der Waals surface area contributed by atoms with E-state index in [-0.39, 0.29) is 12.1 Å². The number of urea groups is 1. The molecule has 1 fully saturated rings. The summed E-state index contributed by atoms with van der Waals surface area (Å²) in [5, 5.41) is 3.54. The number of rotatable bonds is 2. The molecule has 1 aliphatic heterocycles. The predicted molar refractivity (Wildman–Crippen MR) is 105 cm³/mol. The maximum absolute atomic E-state index is 12.6. The minimum atomic E-state index is -0.0911. The molecule has 2 aromatic carbocycles. The molecule has 1 unspecified atom stereocenters. The Bertz CT molecular complexity index is 740. The van der Waals surface area contributed by atoms with E-state index in [0.717, 1.165) is 12.1 Å². The van der Waals surface area contributed by atoms with Crippen LogP contribution in [-0.4, -0.2) is 36.6 Å². The number of nitrogens with zero attached hydrogens (tertiary/aromatic N) is 2. The smallest absolute Gasteiger partial charge is 0.322 e. The molecule has 132 valence electrons. The third kappa shape index (κ3) is 3.90. The summed E-state index contributed by atoms with van der Waals surface area (Å²) in [5.41, 5.74) is 4.12. The molecule has 25 heavy (non-hydrogen) atoms. The van der Waals surface area contributed by atoms with E-state index in [0.29, 0.717) is 23.8 Å². The molecule has 1 aliphatic rings. The summed E-state index contributed by atoms with van der Waals surface area (Å²) in [5.74, 6) is 0. The summed E-state index contributed by atoms with van der Waals surface area (Å²) in [6, 6.07) is 14.3. The summed E-state index contributed by atoms with van der Waals surface area (Å²) in [4.78, 5) is 16.9. The maximum Gasteiger partial charge on any atom is 0.322 e. The highest BCUT2D eigenvalue weighted by atomic mass is 35.5. The van der Waals surface area contributed by atoms with Crippen LogP contribution in [0.15, 0.2) is 42.5 Å². The fourth-order valence-corrected chi connectivity index (χ4v) is 3.51. The molecule has 4 nitrogen and oxygen atoms in total. The largest absolute Gasteiger partial charge is 0.365 e. The first kappa shape index (κ1) is 17.6. The Morgan fingerprint density at radius 2 is 1.84 bits per heavy atom. The quantitative estimate of drug-likeness (QED) is 0.845. The minimum absolute atomic E-state index is 0.0911. The van der Waals surface area contributed by atoms with Gasteiger partial charge in [0.05, 0.1) is 10.7 Å². The van der Waals surface area contributed by atoms with Crippen LogP contribution in [0.1, 0.15) is 18.1 Å². The Kier molecular flexibility index (Phi) is 5.19. The van der Waals surface area contributed by atoms with Crippen LogP contribution in [0.4, 0.5) is 16.2 Å². The molecule has 1 N–H and O–H groups in total. The van der Waals surface area contributed by atoms with E-state index in [1.54, 1.807) is 6.07 Å². The van der Waals surface area contributed by atoms with Gasteiger partial charge in [0.25, 0.3) is 0 Å². The molecule has 1 atom stereocenters. The van der Waals surface area contributed by atoms with E-state index in [1.807, 2.05) is 24.0 Å². The lowest BCUT2D eigenvalue weighted by Crippen LogP contribution is -2.54. The molecule has 5 heteroatoms. The molecule has 0 radical (unpaired) electrons. The molecule has 0 bridgehead atoms. The average Bonchev–Trinajstić information content (AvgIpc) is 2.59. The van der Waals surface area contributed by atoms with E-state index in [4.69, 9.17) is 11.6 Å². The van der Waals surface area contributed by atoms with E-state index in [2.05, 4.69) is 48.3 Å². The predicted octanol–water partition coefficient (Wildman–Crippen LogP) is 4.70. The second-order valence-corrected chi connectivity index (χ2v) is 7.09. The molecule has 1 saturated heterocycles. The van der Waals surface area contributed by atoms with Gasteiger partial charge in [-0.2, -0.15) is 0 Å². The Labute approximate surface area is 154 Å². The van der Waals surface area contributed by atoms with Gasteiger partial charge in [-0.15, -0.1) is 0 Å². The van der Waals surface area contributed by atoms with Gasteiger partial charge in [0, 0.05) is 31.4 Å². The fourth-order valence-electron chi connectivity index (χ4n) is 3.24. The van der Waals surface area contributed by atoms with Crippen molar-refractivity contribution in [2.24, 2.45) is 0 Å². The summed E-state index contributed by atoms with van der Waals surface area (Å²) >= 11 is 6.22. The van der Waals surface area contributed by atoms with Crippen molar-refractivity contribution in [1.82, 2.24) is 4.90 Å². The number of carbonyl (C=O) groups is 1. The van der Waals surface area contributed by atoms with Gasteiger partial charge in [0.15, 0.2) is 0 Å². The van der Waals surface area contributed by atoms with Gasteiger partial charge in [0.1, 0.15) is 0 Å². The first-order chi connectivity index (χ1) is 12.0. The Morgan fingerprint density at radius 3 is 2.48 bits per heavy atom. The minimum Gasteiger partial charge on any atom is -0.365 e. The van der Waals surface area contributed by atoms with Gasteiger partial charge in [-0.1, -0.05) is 41.4 Å². The number of para-hydroxylation sites is 1. The second kappa shape index (κ2) is 7.36. The Balaban J connectivity index is 1.66. The molecular formula is C20H24ClN3O. The second-order valence-electron chi connectivity index (χ2n) is 6.69. The molecule has 0 spiro atoms. The zero-order chi connectivity index (χ0) is 18.0. The number of aryl methyl sites for hydroxylation is 2. The van der Waals surface area contributed by atoms with Gasteiger partial charge >= 0.3 is 6.03 Å². The van der Waals surface area contributed by atoms with Crippen molar-refractivity contribution in [3.8, 4) is 0 Å². The zero-order valence-corrected chi connectivity index (χ0v) is 15.7. The molecule has 1 heterocycles. The molecule has 2 aromatic rings. The van der Waals surface area contributed by atoms with Crippen LogP contribution in [0.5, 0.6) is 0 Å². The van der Waals surface area contributed by atoms with E-state index in [1.165, 1.54) is 11.3 Å². The van der Waals surface area contributed by atoms with E-state index < -0.39 is 0 Å². The number of carbonyl (C=O) groups excluding carboxylic acids is 1. The highest BCUT2D eigenvalue weighted by molar-refractivity contribution is 6.33. The van der Waals surface area contributed by atoms with Crippen molar-refractivity contribution >= 4 is 29.0 Å². The number of halogens is 1. The van der Waals surface area contributed by atoms with Gasteiger partial charge < -0.3 is 15.1 Å². The zero-order valence-electron chi connectivity index (χ0n) is 14.9. The fraction of sp³-hybridized carbons (Fsp3) is 0.350. The van der Waals surface area contributed by atoms with Crippen LogP contribution >= 0.6 is 11.6 Å². The monoisotopic (exact) mass is 357 g/mol. The van der Waals surface area contributed by atoms with Gasteiger partial charge in [0.2, 0.25) is 0 Å². The third-order valence-corrected chi connectivity index (χ3v) is 5.05. The number of hydrogen-bond donors (Lipinski definition) is 1. The molecule has 0 saturated carbocycles. The van der Waals surface area contributed by atoms with Crippen molar-refractivity contribution in [3.63, 3.8) is 0 Å². The highest BCUT2D eigenvalue weighted by Crippen LogP contribution is 2.26. The van der Waals surface area contributed by atoms with Crippen LogP contribution in [0.3, 0.4) is 0 Å². The molecule has 0 aromatic heterocycles. The summed E-state index contributed by atoms with van der Waals surface area (Å²) < 4.78 is 0. The SMILES string of the molecule is Cc1ccc(N2CCN(C(=O)Nc3c(C)cccc3Cl)CC2C)cc1. The number of piperazine rings is 1. The van der Waals surface area contributed by atoms with E-state index in [9.17, 15) is 4.79 Å². The number of hydrogen-bond acceptors (Lipinski definition) is 2. The average molecular weight is 358 g/mol. The summed E-state index contributed by atoms with van der Waals surface area (Å²) in [7, 11) is 0. The van der Waals surface area contributed by atoms with Crippen LogP contribution in [0.25, 0.3) is 0 Å². The lowest BCUT2D eigenvalue weighted by atomic mass is 10.1. The summed E-state index contributed by atoms with van der Waals surface area (Å²) in [6.45, 7) is 8.38. The van der Waals surface area contributed by atoms with Crippen molar-refractivity contribution in [1.29, 1.82) is 0 Å². The van der Waals surface area contributed by atoms with Crippen molar-refractivity contribution in [3.05, 3.63) is 58.6 Å². The summed E-state index contributed by atoms with van der Waals surface area (Å²) in [6.07, 6.45) is 0. The van der Waals surface area contributed by atoms with Crippen LogP contribution in [-0.2, 0) is 0 Å². The maximum atomic E-state index is 12.6. The van der Waals surface area contributed by atoms with Crippen LogP contribution in [0, 0.1) is 13.8 Å². The third-order valence-electron chi connectivity index (χ3n) is 4.73. The number of nitrogens with one attached hydrogen (secondary N) is 1. The van der Waals surface area contributed by atoms with Crippen molar-refractivity contribution < 1.29 is 4.79 Å². The molecule has 0 aliphatic carbocycles. The Hall–Kier alpha value is -2.20. The molecular weight excluding hydrogens is 334 g/mol. The van der Waals surface area contributed by atoms with E-state index >= 15 is 0 Å². The lowest BCUT2D eigenvalue weighted by molar-refractivity contribution is 0.200. The van der Waals surface area contributed by atoms with Crippen LogP contribution < -0.4 is 10.2 Å².